The molecule has 4 nitrogen and oxygen atoms in total. The summed E-state index contributed by atoms with van der Waals surface area (Å²) in [5.74, 6) is -0.678. The number of halogens is 3. The second kappa shape index (κ2) is 6.55. The highest BCUT2D eigenvalue weighted by Crippen LogP contribution is 2.41. The minimum absolute atomic E-state index is 0.0529. The van der Waals surface area contributed by atoms with Gasteiger partial charge in [0.05, 0.1) is 0 Å². The van der Waals surface area contributed by atoms with Crippen LogP contribution in [0.5, 0.6) is 0 Å². The number of hydrazone groups is 1. The molecule has 1 N–H and O–H groups in total. The van der Waals surface area contributed by atoms with E-state index in [2.05, 4.69) is 5.10 Å². The zero-order valence-corrected chi connectivity index (χ0v) is 13.9. The van der Waals surface area contributed by atoms with Gasteiger partial charge in [0.2, 0.25) is 0 Å². The molecule has 132 valence electrons. The summed E-state index contributed by atoms with van der Waals surface area (Å²) in [7, 11) is 0. The minimum atomic E-state index is -4.99. The first-order valence-electron chi connectivity index (χ1n) is 7.81. The van der Waals surface area contributed by atoms with Crippen LogP contribution in [0, 0.1) is 12.8 Å². The van der Waals surface area contributed by atoms with Gasteiger partial charge in [0.25, 0.3) is 11.6 Å². The van der Waals surface area contributed by atoms with Crippen LogP contribution >= 0.6 is 0 Å². The van der Waals surface area contributed by atoms with E-state index in [-0.39, 0.29) is 22.2 Å². The molecule has 1 unspecified atom stereocenters. The van der Waals surface area contributed by atoms with E-state index < -0.39 is 24.2 Å². The Bertz CT molecular complexity index is 638. The highest BCUT2D eigenvalue weighted by molar-refractivity contribution is 5.98. The second-order valence-electron chi connectivity index (χ2n) is 6.57. The molecule has 1 amide bonds. The van der Waals surface area contributed by atoms with Crippen LogP contribution in [0.3, 0.4) is 0 Å². The summed E-state index contributed by atoms with van der Waals surface area (Å²) in [6.45, 7) is 5.69. The molecule has 1 aliphatic rings. The van der Waals surface area contributed by atoms with E-state index in [9.17, 15) is 23.1 Å². The van der Waals surface area contributed by atoms with Crippen molar-refractivity contribution in [1.82, 2.24) is 5.01 Å². The standard InChI is InChI=1S/C17H21F3N2O2/c1-11(2)4-9-14-10-16(24,17(18,19)20)22(21-14)15(23)13-7-5-12(3)6-8-13/h5-8,11,24H,4,9-10H2,1-3H3. The van der Waals surface area contributed by atoms with Crippen molar-refractivity contribution in [3.8, 4) is 0 Å². The van der Waals surface area contributed by atoms with Crippen molar-refractivity contribution < 1.29 is 23.1 Å². The molecule has 0 saturated carbocycles. The van der Waals surface area contributed by atoms with Crippen molar-refractivity contribution in [1.29, 1.82) is 0 Å². The maximum absolute atomic E-state index is 13.4. The molecular formula is C17H21F3N2O2. The van der Waals surface area contributed by atoms with E-state index in [4.69, 9.17) is 0 Å². The van der Waals surface area contributed by atoms with E-state index in [1.807, 2.05) is 13.8 Å². The lowest BCUT2D eigenvalue weighted by molar-refractivity contribution is -0.297. The highest BCUT2D eigenvalue weighted by atomic mass is 19.4. The SMILES string of the molecule is Cc1ccc(C(=O)N2N=C(CCC(C)C)CC2(O)C(F)(F)F)cc1. The third-order valence-corrected chi connectivity index (χ3v) is 4.00. The molecule has 24 heavy (non-hydrogen) atoms. The van der Waals surface area contributed by atoms with Gasteiger partial charge in [-0.25, -0.2) is 0 Å². The van der Waals surface area contributed by atoms with Gasteiger partial charge in [-0.1, -0.05) is 31.5 Å². The monoisotopic (exact) mass is 342 g/mol. The summed E-state index contributed by atoms with van der Waals surface area (Å²) in [5.41, 5.74) is -2.18. The normalized spacial score (nSPS) is 21.3. The molecule has 0 fully saturated rings. The van der Waals surface area contributed by atoms with Crippen molar-refractivity contribution in [3.63, 3.8) is 0 Å². The predicted molar refractivity (Wildman–Crippen MR) is 84.5 cm³/mol. The lowest BCUT2D eigenvalue weighted by atomic mass is 9.99. The zero-order chi connectivity index (χ0) is 18.1. The minimum Gasteiger partial charge on any atom is -0.362 e. The van der Waals surface area contributed by atoms with E-state index in [1.54, 1.807) is 19.1 Å². The van der Waals surface area contributed by atoms with Crippen LogP contribution in [0.1, 0.15) is 49.0 Å². The van der Waals surface area contributed by atoms with Crippen LogP contribution in [-0.4, -0.2) is 33.6 Å². The van der Waals surface area contributed by atoms with Gasteiger partial charge in [-0.05, 0) is 37.8 Å². The van der Waals surface area contributed by atoms with Crippen molar-refractivity contribution in [3.05, 3.63) is 35.4 Å². The molecule has 0 spiro atoms. The number of aryl methyl sites for hydroxylation is 1. The molecule has 7 heteroatoms. The van der Waals surface area contributed by atoms with Gasteiger partial charge in [-0.15, -0.1) is 0 Å². The summed E-state index contributed by atoms with van der Waals surface area (Å²) in [6.07, 6.45) is -4.75. The van der Waals surface area contributed by atoms with E-state index in [1.165, 1.54) is 12.1 Å². The van der Waals surface area contributed by atoms with E-state index in [0.29, 0.717) is 12.8 Å². The summed E-state index contributed by atoms with van der Waals surface area (Å²) >= 11 is 0. The number of rotatable bonds is 4. The molecular weight excluding hydrogens is 321 g/mol. The first kappa shape index (κ1) is 18.4. The van der Waals surface area contributed by atoms with Crippen LogP contribution < -0.4 is 0 Å². The molecule has 0 bridgehead atoms. The third kappa shape index (κ3) is 3.61. The van der Waals surface area contributed by atoms with Gasteiger partial charge in [0.15, 0.2) is 0 Å². The molecule has 0 aliphatic carbocycles. The third-order valence-electron chi connectivity index (χ3n) is 4.00. The van der Waals surface area contributed by atoms with Gasteiger partial charge >= 0.3 is 6.18 Å². The number of carbonyl (C=O) groups is 1. The fourth-order valence-corrected chi connectivity index (χ4v) is 2.46. The number of hydrogen-bond acceptors (Lipinski definition) is 3. The summed E-state index contributed by atoms with van der Waals surface area (Å²) in [4.78, 5) is 12.5. The predicted octanol–water partition coefficient (Wildman–Crippen LogP) is 3.88. The Balaban J connectivity index is 2.33. The Morgan fingerprint density at radius 2 is 1.92 bits per heavy atom. The molecule has 2 rings (SSSR count). The fourth-order valence-electron chi connectivity index (χ4n) is 2.46. The Hall–Kier alpha value is -1.89. The van der Waals surface area contributed by atoms with Crippen LogP contribution in [0.25, 0.3) is 0 Å². The number of hydrogen-bond donors (Lipinski definition) is 1. The molecule has 0 aromatic heterocycles. The molecule has 1 aliphatic heterocycles. The average Bonchev–Trinajstić information content (AvgIpc) is 2.83. The Morgan fingerprint density at radius 1 is 1.33 bits per heavy atom. The van der Waals surface area contributed by atoms with E-state index in [0.717, 1.165) is 5.56 Å². The van der Waals surface area contributed by atoms with Gasteiger partial charge in [0.1, 0.15) is 0 Å². The lowest BCUT2D eigenvalue weighted by Crippen LogP contribution is -2.56. The molecule has 1 aromatic rings. The Morgan fingerprint density at radius 3 is 2.42 bits per heavy atom. The number of alkyl halides is 3. The van der Waals surface area contributed by atoms with E-state index >= 15 is 0 Å². The van der Waals surface area contributed by atoms with Gasteiger partial charge in [0, 0.05) is 17.7 Å². The number of aliphatic hydroxyl groups is 1. The zero-order valence-electron chi connectivity index (χ0n) is 13.9. The number of carbonyl (C=O) groups excluding carboxylic acids is 1. The quantitative estimate of drug-likeness (QED) is 0.903. The number of nitrogens with zero attached hydrogens (tertiary/aromatic N) is 2. The molecule has 1 aromatic carbocycles. The van der Waals surface area contributed by atoms with Crippen LogP contribution in [0.15, 0.2) is 29.4 Å². The first-order chi connectivity index (χ1) is 11.0. The maximum atomic E-state index is 13.4. The second-order valence-corrected chi connectivity index (χ2v) is 6.57. The number of amides is 1. The molecule has 1 heterocycles. The van der Waals surface area contributed by atoms with Gasteiger partial charge in [-0.2, -0.15) is 23.3 Å². The van der Waals surface area contributed by atoms with Crippen molar-refractivity contribution in [2.75, 3.05) is 0 Å². The van der Waals surface area contributed by atoms with Crippen molar-refractivity contribution >= 4 is 11.6 Å². The fraction of sp³-hybridized carbons (Fsp3) is 0.529. The van der Waals surface area contributed by atoms with Crippen LogP contribution in [-0.2, 0) is 0 Å². The Labute approximate surface area is 139 Å². The number of benzene rings is 1. The highest BCUT2D eigenvalue weighted by Gasteiger charge is 2.63. The topological polar surface area (TPSA) is 52.9 Å². The largest absolute Gasteiger partial charge is 0.438 e. The Kier molecular flexibility index (Phi) is 5.03. The molecule has 0 saturated heterocycles. The maximum Gasteiger partial charge on any atom is 0.438 e. The average molecular weight is 342 g/mol. The summed E-state index contributed by atoms with van der Waals surface area (Å²) in [6, 6.07) is 6.10. The first-order valence-corrected chi connectivity index (χ1v) is 7.81. The molecule has 0 radical (unpaired) electrons. The summed E-state index contributed by atoms with van der Waals surface area (Å²) < 4.78 is 40.2. The summed E-state index contributed by atoms with van der Waals surface area (Å²) in [5, 5.41) is 14.2. The van der Waals surface area contributed by atoms with Crippen molar-refractivity contribution in [2.45, 2.75) is 51.9 Å². The molecule has 1 atom stereocenters. The smallest absolute Gasteiger partial charge is 0.362 e. The van der Waals surface area contributed by atoms with Crippen LogP contribution in [0.4, 0.5) is 13.2 Å². The van der Waals surface area contributed by atoms with Crippen molar-refractivity contribution in [2.24, 2.45) is 11.0 Å². The van der Waals surface area contributed by atoms with Gasteiger partial charge < -0.3 is 5.11 Å². The lowest BCUT2D eigenvalue weighted by Gasteiger charge is -2.32. The van der Waals surface area contributed by atoms with Crippen LogP contribution in [0.2, 0.25) is 0 Å². The van der Waals surface area contributed by atoms with Gasteiger partial charge in [-0.3, -0.25) is 4.79 Å².